The molecule has 2 fully saturated rings. The minimum Gasteiger partial charge on any atom is -0.359 e. The standard InChI is InChI=1S/C18H29N3/c1-4-19-10-15-7-13(2)18(20-11-15)21(3)12-17-9-14-5-6-16(17)8-14/h7,11,14,16-17,19H,4-6,8-10,12H2,1-3H3. The molecule has 21 heavy (non-hydrogen) atoms. The molecule has 1 aromatic heterocycles. The van der Waals surface area contributed by atoms with Gasteiger partial charge in [-0.2, -0.15) is 0 Å². The first kappa shape index (κ1) is 14.8. The fourth-order valence-electron chi connectivity index (χ4n) is 4.43. The van der Waals surface area contributed by atoms with Gasteiger partial charge in [0.2, 0.25) is 0 Å². The van der Waals surface area contributed by atoms with E-state index >= 15 is 0 Å². The first-order valence-corrected chi connectivity index (χ1v) is 8.54. The molecule has 3 heteroatoms. The van der Waals surface area contributed by atoms with Crippen LogP contribution < -0.4 is 10.2 Å². The molecule has 1 aromatic rings. The molecular formula is C18H29N3. The number of hydrogen-bond acceptors (Lipinski definition) is 3. The predicted molar refractivity (Wildman–Crippen MR) is 88.6 cm³/mol. The molecule has 3 rings (SSSR count). The number of aryl methyl sites for hydroxylation is 1. The lowest BCUT2D eigenvalue weighted by Crippen LogP contribution is -2.29. The van der Waals surface area contributed by atoms with Crippen LogP contribution in [0.1, 0.15) is 43.7 Å². The van der Waals surface area contributed by atoms with E-state index in [2.05, 4.69) is 37.2 Å². The van der Waals surface area contributed by atoms with Crippen molar-refractivity contribution in [2.45, 2.75) is 46.1 Å². The summed E-state index contributed by atoms with van der Waals surface area (Å²) in [5.74, 6) is 4.09. The van der Waals surface area contributed by atoms with E-state index < -0.39 is 0 Å². The Labute approximate surface area is 129 Å². The highest BCUT2D eigenvalue weighted by atomic mass is 15.2. The fourth-order valence-corrected chi connectivity index (χ4v) is 4.43. The van der Waals surface area contributed by atoms with Gasteiger partial charge in [0.15, 0.2) is 0 Å². The summed E-state index contributed by atoms with van der Waals surface area (Å²) in [4.78, 5) is 7.11. The first-order valence-electron chi connectivity index (χ1n) is 8.54. The number of hydrogen-bond donors (Lipinski definition) is 1. The third kappa shape index (κ3) is 3.23. The van der Waals surface area contributed by atoms with E-state index in [1.807, 2.05) is 6.20 Å². The number of anilines is 1. The third-order valence-electron chi connectivity index (χ3n) is 5.44. The molecule has 2 aliphatic rings. The van der Waals surface area contributed by atoms with Crippen molar-refractivity contribution in [1.29, 1.82) is 0 Å². The van der Waals surface area contributed by atoms with Crippen LogP contribution >= 0.6 is 0 Å². The number of rotatable bonds is 6. The summed E-state index contributed by atoms with van der Waals surface area (Å²) < 4.78 is 0. The van der Waals surface area contributed by atoms with Crippen molar-refractivity contribution in [3.8, 4) is 0 Å². The molecule has 0 aromatic carbocycles. The van der Waals surface area contributed by atoms with Gasteiger partial charge < -0.3 is 10.2 Å². The molecular weight excluding hydrogens is 258 g/mol. The van der Waals surface area contributed by atoms with Crippen molar-refractivity contribution in [1.82, 2.24) is 10.3 Å². The SMILES string of the molecule is CCNCc1cnc(N(C)CC2CC3CCC2C3)c(C)c1. The summed E-state index contributed by atoms with van der Waals surface area (Å²) in [6.45, 7) is 7.43. The van der Waals surface area contributed by atoms with Crippen molar-refractivity contribution in [3.63, 3.8) is 0 Å². The summed E-state index contributed by atoms with van der Waals surface area (Å²) in [5, 5.41) is 3.36. The Morgan fingerprint density at radius 2 is 2.19 bits per heavy atom. The zero-order valence-corrected chi connectivity index (χ0v) is 13.7. The van der Waals surface area contributed by atoms with Crippen molar-refractivity contribution in [2.24, 2.45) is 17.8 Å². The second kappa shape index (κ2) is 6.35. The third-order valence-corrected chi connectivity index (χ3v) is 5.44. The van der Waals surface area contributed by atoms with Gasteiger partial charge >= 0.3 is 0 Å². The zero-order chi connectivity index (χ0) is 14.8. The molecule has 3 atom stereocenters. The number of fused-ring (bicyclic) bond motifs is 2. The predicted octanol–water partition coefficient (Wildman–Crippen LogP) is 3.37. The van der Waals surface area contributed by atoms with Gasteiger partial charge in [0, 0.05) is 26.3 Å². The highest BCUT2D eigenvalue weighted by Crippen LogP contribution is 2.48. The van der Waals surface area contributed by atoms with Crippen LogP contribution in [0.5, 0.6) is 0 Å². The van der Waals surface area contributed by atoms with Gasteiger partial charge in [0.25, 0.3) is 0 Å². The van der Waals surface area contributed by atoms with Crippen molar-refractivity contribution >= 4 is 5.82 Å². The van der Waals surface area contributed by atoms with Gasteiger partial charge in [-0.05, 0) is 67.7 Å². The van der Waals surface area contributed by atoms with Gasteiger partial charge in [-0.15, -0.1) is 0 Å². The Hall–Kier alpha value is -1.09. The van der Waals surface area contributed by atoms with Crippen molar-refractivity contribution in [2.75, 3.05) is 25.0 Å². The number of aromatic nitrogens is 1. The average molecular weight is 287 g/mol. The molecule has 0 saturated heterocycles. The van der Waals surface area contributed by atoms with E-state index in [0.717, 1.165) is 36.7 Å². The van der Waals surface area contributed by atoms with Crippen LogP contribution in [0.25, 0.3) is 0 Å². The Morgan fingerprint density at radius 3 is 2.81 bits per heavy atom. The van der Waals surface area contributed by atoms with Crippen LogP contribution in [0.2, 0.25) is 0 Å². The maximum Gasteiger partial charge on any atom is 0.131 e. The molecule has 2 bridgehead atoms. The lowest BCUT2D eigenvalue weighted by atomic mass is 9.88. The molecule has 116 valence electrons. The largest absolute Gasteiger partial charge is 0.359 e. The smallest absolute Gasteiger partial charge is 0.131 e. The fraction of sp³-hybridized carbons (Fsp3) is 0.722. The molecule has 1 heterocycles. The molecule has 2 aliphatic carbocycles. The molecule has 3 unspecified atom stereocenters. The second-order valence-corrected chi connectivity index (χ2v) is 7.08. The molecule has 3 nitrogen and oxygen atoms in total. The van der Waals surface area contributed by atoms with Gasteiger partial charge in [0.05, 0.1) is 0 Å². The van der Waals surface area contributed by atoms with E-state index in [-0.39, 0.29) is 0 Å². The van der Waals surface area contributed by atoms with E-state index in [0.29, 0.717) is 0 Å². The maximum atomic E-state index is 4.72. The van der Waals surface area contributed by atoms with Crippen molar-refractivity contribution < 1.29 is 0 Å². The van der Waals surface area contributed by atoms with E-state index in [9.17, 15) is 0 Å². The quantitative estimate of drug-likeness (QED) is 0.869. The zero-order valence-electron chi connectivity index (χ0n) is 13.7. The normalized spacial score (nSPS) is 27.3. The molecule has 0 amide bonds. The van der Waals surface area contributed by atoms with Gasteiger partial charge in [-0.25, -0.2) is 4.98 Å². The summed E-state index contributed by atoms with van der Waals surface area (Å²) in [5.41, 5.74) is 2.59. The molecule has 1 N–H and O–H groups in total. The topological polar surface area (TPSA) is 28.2 Å². The van der Waals surface area contributed by atoms with E-state index in [4.69, 9.17) is 4.98 Å². The van der Waals surface area contributed by atoms with E-state index in [1.165, 1.54) is 43.4 Å². The van der Waals surface area contributed by atoms with Crippen LogP contribution in [0, 0.1) is 24.7 Å². The average Bonchev–Trinajstić information content (AvgIpc) is 3.07. The summed E-state index contributed by atoms with van der Waals surface area (Å²) in [7, 11) is 2.21. The van der Waals surface area contributed by atoms with E-state index in [1.54, 1.807) is 0 Å². The van der Waals surface area contributed by atoms with Gasteiger partial charge in [-0.1, -0.05) is 13.3 Å². The Kier molecular flexibility index (Phi) is 4.48. The molecule has 0 spiro atoms. The first-order chi connectivity index (χ1) is 10.2. The number of nitrogens with zero attached hydrogens (tertiary/aromatic N) is 2. The monoisotopic (exact) mass is 287 g/mol. The summed E-state index contributed by atoms with van der Waals surface area (Å²) >= 11 is 0. The van der Waals surface area contributed by atoms with Gasteiger partial charge in [-0.3, -0.25) is 0 Å². The van der Waals surface area contributed by atoms with Crippen LogP contribution in [-0.2, 0) is 6.54 Å². The minimum absolute atomic E-state index is 0.899. The highest BCUT2D eigenvalue weighted by Gasteiger charge is 2.39. The summed E-state index contributed by atoms with van der Waals surface area (Å²) in [6, 6.07) is 2.28. The second-order valence-electron chi connectivity index (χ2n) is 7.08. The van der Waals surface area contributed by atoms with Crippen LogP contribution in [0.4, 0.5) is 5.82 Å². The lowest BCUT2D eigenvalue weighted by molar-refractivity contribution is 0.337. The molecule has 0 radical (unpaired) electrons. The van der Waals surface area contributed by atoms with Crippen LogP contribution in [0.3, 0.4) is 0 Å². The number of nitrogens with one attached hydrogen (secondary N) is 1. The maximum absolute atomic E-state index is 4.72. The Morgan fingerprint density at radius 1 is 1.33 bits per heavy atom. The van der Waals surface area contributed by atoms with Crippen LogP contribution in [0.15, 0.2) is 12.3 Å². The molecule has 0 aliphatic heterocycles. The Bertz CT molecular complexity index is 485. The number of pyridine rings is 1. The van der Waals surface area contributed by atoms with Gasteiger partial charge in [0.1, 0.15) is 5.82 Å². The molecule has 2 saturated carbocycles. The Balaban J connectivity index is 1.62. The lowest BCUT2D eigenvalue weighted by Gasteiger charge is -2.28. The highest BCUT2D eigenvalue weighted by molar-refractivity contribution is 5.46. The van der Waals surface area contributed by atoms with Crippen LogP contribution in [-0.4, -0.2) is 25.1 Å². The summed E-state index contributed by atoms with van der Waals surface area (Å²) in [6.07, 6.45) is 7.93. The minimum atomic E-state index is 0.899. The van der Waals surface area contributed by atoms with Crippen molar-refractivity contribution in [3.05, 3.63) is 23.4 Å².